The van der Waals surface area contributed by atoms with Gasteiger partial charge in [0.05, 0.1) is 0 Å². The molecule has 4 nitrogen and oxygen atoms in total. The van der Waals surface area contributed by atoms with E-state index in [-0.39, 0.29) is 0 Å². The third-order valence-electron chi connectivity index (χ3n) is 1.64. The topological polar surface area (TPSA) is 63.8 Å². The van der Waals surface area contributed by atoms with E-state index >= 15 is 0 Å². The van der Waals surface area contributed by atoms with Crippen molar-refractivity contribution in [3.05, 3.63) is 17.5 Å². The molecule has 0 saturated carbocycles. The number of rotatable bonds is 3. The predicted molar refractivity (Wildman–Crippen MR) is 48.8 cm³/mol. The molecule has 1 aromatic rings. The third kappa shape index (κ3) is 1.92. The molecule has 0 unspecified atom stereocenters. The monoisotopic (exact) mass is 166 g/mol. The van der Waals surface area contributed by atoms with Crippen LogP contribution in [-0.4, -0.2) is 16.5 Å². The first kappa shape index (κ1) is 8.93. The molecule has 3 N–H and O–H groups in total. The molecule has 0 saturated heterocycles. The number of aromatic nitrogens is 2. The number of hydrogen-bond donors (Lipinski definition) is 2. The highest BCUT2D eigenvalue weighted by Crippen LogP contribution is 2.05. The third-order valence-corrected chi connectivity index (χ3v) is 1.64. The number of nitrogens with two attached hydrogens (primary N) is 1. The summed E-state index contributed by atoms with van der Waals surface area (Å²) >= 11 is 0. The fourth-order valence-electron chi connectivity index (χ4n) is 0.936. The minimum atomic E-state index is 0.498. The summed E-state index contributed by atoms with van der Waals surface area (Å²) in [6.07, 6.45) is 1.76. The first-order valence-electron chi connectivity index (χ1n) is 4.04. The maximum absolute atomic E-state index is 5.47. The van der Waals surface area contributed by atoms with Crippen LogP contribution in [0, 0.1) is 6.92 Å². The lowest BCUT2D eigenvalue weighted by molar-refractivity contribution is 0.960. The minimum Gasteiger partial charge on any atom is -0.354 e. The fourth-order valence-corrected chi connectivity index (χ4v) is 0.936. The second-order valence-electron chi connectivity index (χ2n) is 2.54. The molecule has 0 atom stereocenters. The van der Waals surface area contributed by atoms with E-state index in [0.29, 0.717) is 12.5 Å². The molecule has 4 heteroatoms. The molecule has 0 fully saturated rings. The molecular weight excluding hydrogens is 152 g/mol. The molecule has 66 valence electrons. The van der Waals surface area contributed by atoms with E-state index in [4.69, 9.17) is 5.73 Å². The lowest BCUT2D eigenvalue weighted by atomic mass is 10.2. The van der Waals surface area contributed by atoms with Gasteiger partial charge in [-0.05, 0) is 13.8 Å². The van der Waals surface area contributed by atoms with Crippen molar-refractivity contribution in [1.29, 1.82) is 0 Å². The van der Waals surface area contributed by atoms with Gasteiger partial charge in [0.25, 0.3) is 0 Å². The van der Waals surface area contributed by atoms with Gasteiger partial charge >= 0.3 is 0 Å². The normalized spacial score (nSPS) is 9.92. The van der Waals surface area contributed by atoms with Gasteiger partial charge in [0, 0.05) is 30.5 Å². The van der Waals surface area contributed by atoms with Gasteiger partial charge in [0.2, 0.25) is 5.95 Å². The minimum absolute atomic E-state index is 0.498. The van der Waals surface area contributed by atoms with E-state index < -0.39 is 0 Å². The van der Waals surface area contributed by atoms with Crippen molar-refractivity contribution in [1.82, 2.24) is 9.97 Å². The van der Waals surface area contributed by atoms with Crippen LogP contribution in [0.4, 0.5) is 5.95 Å². The quantitative estimate of drug-likeness (QED) is 0.693. The predicted octanol–water partition coefficient (Wildman–Crippen LogP) is 0.676. The van der Waals surface area contributed by atoms with Crippen LogP contribution in [0.5, 0.6) is 0 Å². The summed E-state index contributed by atoms with van der Waals surface area (Å²) < 4.78 is 0. The second-order valence-corrected chi connectivity index (χ2v) is 2.54. The lowest BCUT2D eigenvalue weighted by Crippen LogP contribution is -2.07. The van der Waals surface area contributed by atoms with Crippen LogP contribution in [0.25, 0.3) is 0 Å². The van der Waals surface area contributed by atoms with Crippen molar-refractivity contribution >= 4 is 5.95 Å². The van der Waals surface area contributed by atoms with Gasteiger partial charge in [-0.3, -0.25) is 0 Å². The number of nitrogens with one attached hydrogen (secondary N) is 1. The van der Waals surface area contributed by atoms with Crippen molar-refractivity contribution in [2.45, 2.75) is 20.4 Å². The van der Waals surface area contributed by atoms with Crippen molar-refractivity contribution in [2.24, 2.45) is 5.73 Å². The Morgan fingerprint density at radius 2 is 2.33 bits per heavy atom. The summed E-state index contributed by atoms with van der Waals surface area (Å²) in [7, 11) is 0. The number of aryl methyl sites for hydroxylation is 1. The molecule has 1 rings (SSSR count). The average Bonchev–Trinajstić information content (AvgIpc) is 2.05. The van der Waals surface area contributed by atoms with Crippen molar-refractivity contribution in [3.8, 4) is 0 Å². The van der Waals surface area contributed by atoms with Gasteiger partial charge in [0.15, 0.2) is 0 Å². The molecule has 0 aliphatic carbocycles. The molecule has 1 heterocycles. The Bertz CT molecular complexity index is 259. The second kappa shape index (κ2) is 4.01. The van der Waals surface area contributed by atoms with Crippen LogP contribution < -0.4 is 11.1 Å². The highest BCUT2D eigenvalue weighted by molar-refractivity contribution is 5.28. The maximum Gasteiger partial charge on any atom is 0.222 e. The Morgan fingerprint density at radius 1 is 1.58 bits per heavy atom. The van der Waals surface area contributed by atoms with E-state index in [1.807, 2.05) is 13.8 Å². The zero-order chi connectivity index (χ0) is 8.97. The lowest BCUT2D eigenvalue weighted by Gasteiger charge is -2.04. The van der Waals surface area contributed by atoms with Gasteiger partial charge < -0.3 is 11.1 Å². The maximum atomic E-state index is 5.47. The van der Waals surface area contributed by atoms with Gasteiger partial charge in [-0.15, -0.1) is 0 Å². The summed E-state index contributed by atoms with van der Waals surface area (Å²) in [4.78, 5) is 8.33. The molecule has 0 radical (unpaired) electrons. The average molecular weight is 166 g/mol. The molecule has 0 aromatic carbocycles. The Kier molecular flexibility index (Phi) is 2.99. The molecule has 0 amide bonds. The van der Waals surface area contributed by atoms with Crippen LogP contribution in [0.2, 0.25) is 0 Å². The van der Waals surface area contributed by atoms with E-state index in [2.05, 4.69) is 15.3 Å². The van der Waals surface area contributed by atoms with E-state index in [9.17, 15) is 0 Å². The van der Waals surface area contributed by atoms with Crippen LogP contribution in [-0.2, 0) is 6.54 Å². The molecule has 0 spiro atoms. The Morgan fingerprint density at radius 3 is 2.83 bits per heavy atom. The van der Waals surface area contributed by atoms with E-state index in [1.54, 1.807) is 6.20 Å². The standard InChI is InChI=1S/C8H14N4/c1-3-10-8-11-5-7(4-9)6(2)12-8/h5H,3-4,9H2,1-2H3,(H,10,11,12). The highest BCUT2D eigenvalue weighted by atomic mass is 15.1. The first-order valence-corrected chi connectivity index (χ1v) is 4.04. The fraction of sp³-hybridized carbons (Fsp3) is 0.500. The summed E-state index contributed by atoms with van der Waals surface area (Å²) in [6.45, 7) is 5.28. The summed E-state index contributed by atoms with van der Waals surface area (Å²) in [5.41, 5.74) is 7.42. The summed E-state index contributed by atoms with van der Waals surface area (Å²) in [5.74, 6) is 0.673. The molecule has 0 aliphatic rings. The zero-order valence-electron chi connectivity index (χ0n) is 7.46. The van der Waals surface area contributed by atoms with Gasteiger partial charge in [-0.1, -0.05) is 0 Å². The SMILES string of the molecule is CCNc1ncc(CN)c(C)n1. The number of nitrogens with zero attached hydrogens (tertiary/aromatic N) is 2. The van der Waals surface area contributed by atoms with Crippen LogP contribution in [0.3, 0.4) is 0 Å². The molecule has 12 heavy (non-hydrogen) atoms. The Hall–Kier alpha value is -1.16. The molecular formula is C8H14N4. The van der Waals surface area contributed by atoms with Crippen LogP contribution >= 0.6 is 0 Å². The smallest absolute Gasteiger partial charge is 0.222 e. The van der Waals surface area contributed by atoms with Crippen molar-refractivity contribution in [3.63, 3.8) is 0 Å². The summed E-state index contributed by atoms with van der Waals surface area (Å²) in [6, 6.07) is 0. The summed E-state index contributed by atoms with van der Waals surface area (Å²) in [5, 5.41) is 3.04. The number of hydrogen-bond acceptors (Lipinski definition) is 4. The van der Waals surface area contributed by atoms with E-state index in [1.165, 1.54) is 0 Å². The highest BCUT2D eigenvalue weighted by Gasteiger charge is 1.99. The Balaban J connectivity index is 2.86. The van der Waals surface area contributed by atoms with Crippen molar-refractivity contribution < 1.29 is 0 Å². The van der Waals surface area contributed by atoms with Gasteiger partial charge in [-0.2, -0.15) is 0 Å². The van der Waals surface area contributed by atoms with Gasteiger partial charge in [0.1, 0.15) is 0 Å². The van der Waals surface area contributed by atoms with E-state index in [0.717, 1.165) is 17.8 Å². The van der Waals surface area contributed by atoms with Gasteiger partial charge in [-0.25, -0.2) is 9.97 Å². The molecule has 1 aromatic heterocycles. The zero-order valence-corrected chi connectivity index (χ0v) is 7.46. The first-order chi connectivity index (χ1) is 5.77. The molecule has 0 aliphatic heterocycles. The van der Waals surface area contributed by atoms with Crippen LogP contribution in [0.15, 0.2) is 6.20 Å². The van der Waals surface area contributed by atoms with Crippen molar-refractivity contribution in [2.75, 3.05) is 11.9 Å². The number of anilines is 1. The van der Waals surface area contributed by atoms with Crippen LogP contribution in [0.1, 0.15) is 18.2 Å². The Labute approximate surface area is 72.2 Å². The molecule has 0 bridgehead atoms. The largest absolute Gasteiger partial charge is 0.354 e.